The molecule has 0 aliphatic rings. The average Bonchev–Trinajstić information content (AvgIpc) is 2.70. The number of rotatable bonds is 4. The summed E-state index contributed by atoms with van der Waals surface area (Å²) < 4.78 is 1.78. The van der Waals surface area contributed by atoms with Gasteiger partial charge in [0.15, 0.2) is 0 Å². The van der Waals surface area contributed by atoms with Gasteiger partial charge in [0.2, 0.25) is 5.91 Å². The van der Waals surface area contributed by atoms with E-state index in [1.165, 1.54) is 0 Å². The molecule has 1 amide bonds. The van der Waals surface area contributed by atoms with Crippen molar-refractivity contribution >= 4 is 29.1 Å². The first kappa shape index (κ1) is 15.9. The summed E-state index contributed by atoms with van der Waals surface area (Å²) in [5, 5.41) is 8.28. The summed E-state index contributed by atoms with van der Waals surface area (Å²) in [5.41, 5.74) is 3.53. The van der Waals surface area contributed by atoms with Crippen molar-refractivity contribution in [3.05, 3.63) is 45.2 Å². The molecule has 1 aromatic carbocycles. The minimum absolute atomic E-state index is 0.00242. The Balaban J connectivity index is 2.38. The Bertz CT molecular complexity index is 680. The number of amides is 1. The first-order valence-corrected chi connectivity index (χ1v) is 7.46. The first-order valence-electron chi connectivity index (χ1n) is 6.71. The molecule has 2 aromatic rings. The number of likely N-dealkylation sites (N-methyl/N-ethyl adjacent to an activating group) is 1. The van der Waals surface area contributed by atoms with Gasteiger partial charge in [0.1, 0.15) is 0 Å². The number of aromatic nitrogens is 2. The highest BCUT2D eigenvalue weighted by molar-refractivity contribution is 6.42. The van der Waals surface area contributed by atoms with Gasteiger partial charge in [0.05, 0.1) is 27.8 Å². The van der Waals surface area contributed by atoms with Gasteiger partial charge in [-0.25, -0.2) is 4.68 Å². The second-order valence-corrected chi connectivity index (χ2v) is 5.60. The molecule has 1 heterocycles. The van der Waals surface area contributed by atoms with Crippen molar-refractivity contribution in [3.63, 3.8) is 0 Å². The average molecular weight is 326 g/mol. The molecule has 0 saturated carbocycles. The zero-order chi connectivity index (χ0) is 15.6. The summed E-state index contributed by atoms with van der Waals surface area (Å²) >= 11 is 12.0. The van der Waals surface area contributed by atoms with Gasteiger partial charge in [0.25, 0.3) is 0 Å². The van der Waals surface area contributed by atoms with Crippen molar-refractivity contribution in [2.75, 3.05) is 6.54 Å². The van der Waals surface area contributed by atoms with Crippen molar-refractivity contribution < 1.29 is 4.79 Å². The fourth-order valence-electron chi connectivity index (χ4n) is 2.22. The lowest BCUT2D eigenvalue weighted by atomic mass is 10.1. The number of aryl methyl sites for hydroxylation is 1. The number of benzene rings is 1. The molecule has 0 radical (unpaired) electrons. The SMILES string of the molecule is CCNC(=O)Cc1c(C)nn(-c2ccc(Cl)c(Cl)c2)c1C. The number of nitrogens with one attached hydrogen (secondary N) is 1. The van der Waals surface area contributed by atoms with Crippen LogP contribution in [-0.2, 0) is 11.2 Å². The normalized spacial score (nSPS) is 10.7. The number of carbonyl (C=O) groups excluding carboxylic acids is 1. The Labute approximate surface area is 134 Å². The highest BCUT2D eigenvalue weighted by atomic mass is 35.5. The summed E-state index contributed by atoms with van der Waals surface area (Å²) in [4.78, 5) is 11.8. The molecule has 21 heavy (non-hydrogen) atoms. The molecule has 1 N–H and O–H groups in total. The van der Waals surface area contributed by atoms with E-state index in [0.29, 0.717) is 23.0 Å². The molecular weight excluding hydrogens is 309 g/mol. The van der Waals surface area contributed by atoms with E-state index < -0.39 is 0 Å². The van der Waals surface area contributed by atoms with Gasteiger partial charge in [0, 0.05) is 17.8 Å². The molecule has 0 saturated heterocycles. The standard InChI is InChI=1S/C15H17Cl2N3O/c1-4-18-15(21)8-12-9(2)19-20(10(12)3)11-5-6-13(16)14(17)7-11/h5-7H,4,8H2,1-3H3,(H,18,21). The Morgan fingerprint density at radius 3 is 2.62 bits per heavy atom. The summed E-state index contributed by atoms with van der Waals surface area (Å²) in [6.45, 7) is 6.36. The van der Waals surface area contributed by atoms with Crippen molar-refractivity contribution in [1.29, 1.82) is 0 Å². The van der Waals surface area contributed by atoms with Crippen LogP contribution in [0.4, 0.5) is 0 Å². The lowest BCUT2D eigenvalue weighted by Gasteiger charge is -2.07. The molecule has 6 heteroatoms. The minimum Gasteiger partial charge on any atom is -0.356 e. The molecule has 0 fully saturated rings. The van der Waals surface area contributed by atoms with Gasteiger partial charge in [-0.05, 0) is 39.0 Å². The van der Waals surface area contributed by atoms with Crippen LogP contribution in [0.25, 0.3) is 5.69 Å². The topological polar surface area (TPSA) is 46.9 Å². The van der Waals surface area contributed by atoms with E-state index in [0.717, 1.165) is 22.6 Å². The summed E-state index contributed by atoms with van der Waals surface area (Å²) in [6, 6.07) is 5.35. The molecular formula is C15H17Cl2N3O. The highest BCUT2D eigenvalue weighted by Gasteiger charge is 2.16. The summed E-state index contributed by atoms with van der Waals surface area (Å²) in [6.07, 6.45) is 0.326. The molecule has 0 unspecified atom stereocenters. The lowest BCUT2D eigenvalue weighted by Crippen LogP contribution is -2.24. The number of hydrogen-bond acceptors (Lipinski definition) is 2. The Hall–Kier alpha value is -1.52. The van der Waals surface area contributed by atoms with Gasteiger partial charge in [-0.1, -0.05) is 23.2 Å². The Morgan fingerprint density at radius 1 is 1.29 bits per heavy atom. The fourth-order valence-corrected chi connectivity index (χ4v) is 2.51. The summed E-state index contributed by atoms with van der Waals surface area (Å²) in [5.74, 6) is -0.00242. The number of carbonyl (C=O) groups is 1. The van der Waals surface area contributed by atoms with E-state index in [1.807, 2.05) is 26.8 Å². The van der Waals surface area contributed by atoms with Crippen molar-refractivity contribution in [1.82, 2.24) is 15.1 Å². The highest BCUT2D eigenvalue weighted by Crippen LogP contribution is 2.26. The van der Waals surface area contributed by atoms with Crippen LogP contribution in [0.2, 0.25) is 10.0 Å². The van der Waals surface area contributed by atoms with E-state index in [-0.39, 0.29) is 5.91 Å². The van der Waals surface area contributed by atoms with Crippen LogP contribution in [0.1, 0.15) is 23.9 Å². The zero-order valence-corrected chi connectivity index (χ0v) is 13.7. The van der Waals surface area contributed by atoms with Crippen molar-refractivity contribution in [2.24, 2.45) is 0 Å². The molecule has 0 bridgehead atoms. The molecule has 112 valence electrons. The quantitative estimate of drug-likeness (QED) is 0.935. The van der Waals surface area contributed by atoms with E-state index >= 15 is 0 Å². The van der Waals surface area contributed by atoms with Gasteiger partial charge in [-0.2, -0.15) is 5.10 Å². The molecule has 0 aliphatic carbocycles. The number of nitrogens with zero attached hydrogens (tertiary/aromatic N) is 2. The molecule has 0 spiro atoms. The molecule has 4 nitrogen and oxygen atoms in total. The van der Waals surface area contributed by atoms with Crippen molar-refractivity contribution in [2.45, 2.75) is 27.2 Å². The summed E-state index contributed by atoms with van der Waals surface area (Å²) in [7, 11) is 0. The van der Waals surface area contributed by atoms with E-state index in [2.05, 4.69) is 10.4 Å². The third-order valence-electron chi connectivity index (χ3n) is 3.30. The maximum Gasteiger partial charge on any atom is 0.224 e. The maximum absolute atomic E-state index is 11.8. The monoisotopic (exact) mass is 325 g/mol. The van der Waals surface area contributed by atoms with Crippen LogP contribution in [-0.4, -0.2) is 22.2 Å². The van der Waals surface area contributed by atoms with Crippen LogP contribution in [0.15, 0.2) is 18.2 Å². The number of hydrogen-bond donors (Lipinski definition) is 1. The zero-order valence-electron chi connectivity index (χ0n) is 12.2. The van der Waals surface area contributed by atoms with E-state index in [1.54, 1.807) is 16.8 Å². The van der Waals surface area contributed by atoms with Gasteiger partial charge in [-0.15, -0.1) is 0 Å². The van der Waals surface area contributed by atoms with Gasteiger partial charge >= 0.3 is 0 Å². The van der Waals surface area contributed by atoms with Crippen LogP contribution in [0.3, 0.4) is 0 Å². The van der Waals surface area contributed by atoms with Gasteiger partial charge in [-0.3, -0.25) is 4.79 Å². The van der Waals surface area contributed by atoms with Gasteiger partial charge < -0.3 is 5.32 Å². The second kappa shape index (κ2) is 6.50. The smallest absolute Gasteiger partial charge is 0.224 e. The molecule has 0 aliphatic heterocycles. The predicted molar refractivity (Wildman–Crippen MR) is 85.4 cm³/mol. The Morgan fingerprint density at radius 2 is 2.00 bits per heavy atom. The van der Waals surface area contributed by atoms with E-state index in [9.17, 15) is 4.79 Å². The first-order chi connectivity index (χ1) is 9.93. The third kappa shape index (κ3) is 3.39. The van der Waals surface area contributed by atoms with Crippen molar-refractivity contribution in [3.8, 4) is 5.69 Å². The molecule has 1 aromatic heterocycles. The minimum atomic E-state index is -0.00242. The van der Waals surface area contributed by atoms with Crippen LogP contribution in [0, 0.1) is 13.8 Å². The largest absolute Gasteiger partial charge is 0.356 e. The molecule has 2 rings (SSSR count). The maximum atomic E-state index is 11.8. The van der Waals surface area contributed by atoms with Crippen LogP contribution in [0.5, 0.6) is 0 Å². The van der Waals surface area contributed by atoms with Crippen LogP contribution < -0.4 is 5.32 Å². The number of halogens is 2. The van der Waals surface area contributed by atoms with Crippen LogP contribution >= 0.6 is 23.2 Å². The second-order valence-electron chi connectivity index (χ2n) is 4.79. The lowest BCUT2D eigenvalue weighted by molar-refractivity contribution is -0.120. The Kier molecular flexibility index (Phi) is 4.91. The van der Waals surface area contributed by atoms with E-state index in [4.69, 9.17) is 23.2 Å². The predicted octanol–water partition coefficient (Wildman–Crippen LogP) is 3.47. The third-order valence-corrected chi connectivity index (χ3v) is 4.04. The fraction of sp³-hybridized carbons (Fsp3) is 0.333. The molecule has 0 atom stereocenters.